The minimum absolute atomic E-state index is 0.00667. The van der Waals surface area contributed by atoms with E-state index >= 15 is 0 Å². The highest BCUT2D eigenvalue weighted by atomic mass is 35.5. The second-order valence-electron chi connectivity index (χ2n) is 4.76. The Morgan fingerprint density at radius 2 is 2.00 bits per heavy atom. The highest BCUT2D eigenvalue weighted by molar-refractivity contribution is 8.00. The number of ether oxygens (including phenoxy) is 1. The number of rotatable bonds is 7. The summed E-state index contributed by atoms with van der Waals surface area (Å²) in [6, 6.07) is 15.3. The number of carbonyl (C=O) groups excluding carboxylic acids is 1. The molecule has 0 atom stereocenters. The fourth-order valence-corrected chi connectivity index (χ4v) is 2.65. The summed E-state index contributed by atoms with van der Waals surface area (Å²) >= 11 is 7.30. The number of nitrogens with one attached hydrogen (secondary N) is 1. The molecule has 0 saturated carbocycles. The summed E-state index contributed by atoms with van der Waals surface area (Å²) in [5.74, 6) is 1.20. The maximum atomic E-state index is 11.7. The molecule has 0 bridgehead atoms. The van der Waals surface area contributed by atoms with Crippen LogP contribution in [0.15, 0.2) is 53.4 Å². The molecule has 1 N–H and O–H groups in total. The summed E-state index contributed by atoms with van der Waals surface area (Å²) in [5.41, 5.74) is 1.15. The fraction of sp³-hybridized carbons (Fsp3) is 0.235. The van der Waals surface area contributed by atoms with Gasteiger partial charge in [0.25, 0.3) is 0 Å². The number of carbonyl (C=O) groups is 1. The molecule has 0 aliphatic heterocycles. The molecule has 0 aliphatic rings. The molecule has 5 heteroatoms. The Hall–Kier alpha value is -1.65. The van der Waals surface area contributed by atoms with Crippen LogP contribution in [-0.2, 0) is 4.79 Å². The quantitative estimate of drug-likeness (QED) is 0.615. The van der Waals surface area contributed by atoms with Crippen LogP contribution in [-0.4, -0.2) is 24.8 Å². The number of amides is 1. The Morgan fingerprint density at radius 3 is 2.73 bits per heavy atom. The zero-order valence-electron chi connectivity index (χ0n) is 12.3. The maximum Gasteiger partial charge on any atom is 0.230 e. The van der Waals surface area contributed by atoms with Crippen LogP contribution in [0.2, 0.25) is 5.02 Å². The van der Waals surface area contributed by atoms with Crippen LogP contribution >= 0.6 is 23.4 Å². The molecule has 3 nitrogen and oxygen atoms in total. The molecule has 0 unspecified atom stereocenters. The van der Waals surface area contributed by atoms with E-state index in [1.807, 2.05) is 55.5 Å². The number of hydrogen-bond acceptors (Lipinski definition) is 3. The summed E-state index contributed by atoms with van der Waals surface area (Å²) in [6.07, 6.45) is 0. The Kier molecular flexibility index (Phi) is 6.62. The third kappa shape index (κ3) is 6.00. The minimum atomic E-state index is -0.00667. The zero-order chi connectivity index (χ0) is 15.8. The van der Waals surface area contributed by atoms with Crippen molar-refractivity contribution in [2.45, 2.75) is 11.8 Å². The van der Waals surface area contributed by atoms with Crippen molar-refractivity contribution < 1.29 is 9.53 Å². The molecule has 22 heavy (non-hydrogen) atoms. The summed E-state index contributed by atoms with van der Waals surface area (Å²) in [6.45, 7) is 2.97. The highest BCUT2D eigenvalue weighted by Gasteiger charge is 2.02. The Bertz CT molecular complexity index is 616. The number of benzene rings is 2. The Morgan fingerprint density at radius 1 is 1.23 bits per heavy atom. The van der Waals surface area contributed by atoms with Crippen LogP contribution in [0.5, 0.6) is 5.75 Å². The topological polar surface area (TPSA) is 38.3 Å². The number of aryl methyl sites for hydroxylation is 1. The molecule has 0 heterocycles. The van der Waals surface area contributed by atoms with Crippen LogP contribution in [0.25, 0.3) is 0 Å². The second-order valence-corrected chi connectivity index (χ2v) is 6.24. The molecule has 2 aromatic rings. The standard InChI is InChI=1S/C17H18ClNO2S/c1-13-3-2-4-15(11-13)21-10-9-19-17(20)12-22-16-7-5-14(18)6-8-16/h2-8,11H,9-10,12H2,1H3,(H,19,20). The number of hydrogen-bond donors (Lipinski definition) is 1. The molecule has 1 amide bonds. The van der Waals surface area contributed by atoms with Gasteiger partial charge in [0.15, 0.2) is 0 Å². The lowest BCUT2D eigenvalue weighted by molar-refractivity contribution is -0.118. The summed E-state index contributed by atoms with van der Waals surface area (Å²) in [5, 5.41) is 3.53. The molecule has 0 aliphatic carbocycles. The zero-order valence-corrected chi connectivity index (χ0v) is 13.9. The molecule has 0 aromatic heterocycles. The molecule has 2 rings (SSSR count). The average Bonchev–Trinajstić information content (AvgIpc) is 2.51. The van der Waals surface area contributed by atoms with Gasteiger partial charge in [-0.1, -0.05) is 23.7 Å². The van der Waals surface area contributed by atoms with E-state index in [1.54, 1.807) is 0 Å². The van der Waals surface area contributed by atoms with Crippen LogP contribution in [0.4, 0.5) is 0 Å². The van der Waals surface area contributed by atoms with E-state index in [0.29, 0.717) is 23.9 Å². The number of thioether (sulfide) groups is 1. The van der Waals surface area contributed by atoms with E-state index < -0.39 is 0 Å². The second kappa shape index (κ2) is 8.71. The number of halogens is 1. The first-order chi connectivity index (χ1) is 10.6. The smallest absolute Gasteiger partial charge is 0.230 e. The van der Waals surface area contributed by atoms with Crippen molar-refractivity contribution in [1.82, 2.24) is 5.32 Å². The molecule has 0 saturated heterocycles. The van der Waals surface area contributed by atoms with Crippen molar-refractivity contribution >= 4 is 29.3 Å². The summed E-state index contributed by atoms with van der Waals surface area (Å²) < 4.78 is 5.58. The van der Waals surface area contributed by atoms with Crippen molar-refractivity contribution in [2.24, 2.45) is 0 Å². The van der Waals surface area contributed by atoms with Crippen molar-refractivity contribution in [1.29, 1.82) is 0 Å². The van der Waals surface area contributed by atoms with Gasteiger partial charge in [-0.2, -0.15) is 0 Å². The minimum Gasteiger partial charge on any atom is -0.492 e. The van der Waals surface area contributed by atoms with Crippen molar-refractivity contribution in [3.8, 4) is 5.75 Å². The third-order valence-corrected chi connectivity index (χ3v) is 4.13. The van der Waals surface area contributed by atoms with Gasteiger partial charge in [0.05, 0.1) is 12.3 Å². The van der Waals surface area contributed by atoms with Crippen molar-refractivity contribution in [2.75, 3.05) is 18.9 Å². The van der Waals surface area contributed by atoms with Crippen LogP contribution in [0, 0.1) is 6.92 Å². The van der Waals surface area contributed by atoms with E-state index in [9.17, 15) is 4.79 Å². The van der Waals surface area contributed by atoms with Crippen LogP contribution < -0.4 is 10.1 Å². The van der Waals surface area contributed by atoms with Gasteiger partial charge in [-0.3, -0.25) is 4.79 Å². The first-order valence-corrected chi connectivity index (χ1v) is 8.34. The predicted octanol–water partition coefficient (Wildman–Crippen LogP) is 3.94. The third-order valence-electron chi connectivity index (χ3n) is 2.87. The van der Waals surface area contributed by atoms with E-state index in [4.69, 9.17) is 16.3 Å². The first-order valence-electron chi connectivity index (χ1n) is 6.98. The highest BCUT2D eigenvalue weighted by Crippen LogP contribution is 2.19. The van der Waals surface area contributed by atoms with Gasteiger partial charge >= 0.3 is 0 Å². The maximum absolute atomic E-state index is 11.7. The molecular weight excluding hydrogens is 318 g/mol. The monoisotopic (exact) mass is 335 g/mol. The van der Waals surface area contributed by atoms with Crippen molar-refractivity contribution in [3.05, 3.63) is 59.1 Å². The van der Waals surface area contributed by atoms with Gasteiger partial charge in [-0.15, -0.1) is 11.8 Å². The molecule has 0 spiro atoms. The van der Waals surface area contributed by atoms with Gasteiger partial charge < -0.3 is 10.1 Å². The van der Waals surface area contributed by atoms with Gasteiger partial charge in [-0.05, 0) is 48.9 Å². The first kappa shape index (κ1) is 16.7. The molecule has 0 radical (unpaired) electrons. The summed E-state index contributed by atoms with van der Waals surface area (Å²) in [4.78, 5) is 12.8. The van der Waals surface area contributed by atoms with Gasteiger partial charge in [0.2, 0.25) is 5.91 Å². The lowest BCUT2D eigenvalue weighted by Gasteiger charge is -2.08. The fourth-order valence-electron chi connectivity index (χ4n) is 1.80. The SMILES string of the molecule is Cc1cccc(OCCNC(=O)CSc2ccc(Cl)cc2)c1. The lowest BCUT2D eigenvalue weighted by atomic mass is 10.2. The van der Waals surface area contributed by atoms with Crippen molar-refractivity contribution in [3.63, 3.8) is 0 Å². The van der Waals surface area contributed by atoms with Gasteiger partial charge in [0, 0.05) is 9.92 Å². The van der Waals surface area contributed by atoms with E-state index in [-0.39, 0.29) is 5.91 Å². The average molecular weight is 336 g/mol. The van der Waals surface area contributed by atoms with Gasteiger partial charge in [0.1, 0.15) is 12.4 Å². The van der Waals surface area contributed by atoms with Crippen LogP contribution in [0.1, 0.15) is 5.56 Å². The summed E-state index contributed by atoms with van der Waals surface area (Å²) in [7, 11) is 0. The van der Waals surface area contributed by atoms with Gasteiger partial charge in [-0.25, -0.2) is 0 Å². The molecule has 0 fully saturated rings. The van der Waals surface area contributed by atoms with E-state index in [2.05, 4.69) is 5.32 Å². The predicted molar refractivity (Wildman–Crippen MR) is 91.9 cm³/mol. The Labute approximate surface area is 140 Å². The molecule has 116 valence electrons. The normalized spacial score (nSPS) is 10.3. The van der Waals surface area contributed by atoms with E-state index in [1.165, 1.54) is 11.8 Å². The largest absolute Gasteiger partial charge is 0.492 e. The van der Waals surface area contributed by atoms with Crippen LogP contribution in [0.3, 0.4) is 0 Å². The molecule has 2 aromatic carbocycles. The Balaban J connectivity index is 1.62. The lowest BCUT2D eigenvalue weighted by Crippen LogP contribution is -2.29. The van der Waals surface area contributed by atoms with E-state index in [0.717, 1.165) is 16.2 Å². The molecular formula is C17H18ClNO2S.